The molecule has 0 bridgehead atoms. The molecule has 25 heavy (non-hydrogen) atoms. The first kappa shape index (κ1) is 16.0. The minimum absolute atomic E-state index is 0.584. The van der Waals surface area contributed by atoms with Crippen LogP contribution in [0.5, 0.6) is 0 Å². The number of aromatic nitrogens is 4. The van der Waals surface area contributed by atoms with Crippen LogP contribution in [0.3, 0.4) is 0 Å². The van der Waals surface area contributed by atoms with Gasteiger partial charge in [0.1, 0.15) is 0 Å². The molecule has 0 aliphatic carbocycles. The number of nitrogens with one attached hydrogen (secondary N) is 1. The van der Waals surface area contributed by atoms with Crippen molar-refractivity contribution in [1.29, 1.82) is 0 Å². The van der Waals surface area contributed by atoms with Gasteiger partial charge in [0.15, 0.2) is 0 Å². The highest BCUT2D eigenvalue weighted by Crippen LogP contribution is 2.29. The van der Waals surface area contributed by atoms with Crippen molar-refractivity contribution in [3.05, 3.63) is 66.4 Å². The molecular formula is C20H23N5. The number of piperidine rings is 1. The summed E-state index contributed by atoms with van der Waals surface area (Å²) in [4.78, 5) is 10.7. The summed E-state index contributed by atoms with van der Waals surface area (Å²) in [6, 6.07) is 10.4. The number of hydrogen-bond acceptors (Lipinski definition) is 4. The van der Waals surface area contributed by atoms with E-state index >= 15 is 0 Å². The molecule has 0 radical (unpaired) electrons. The zero-order valence-electron chi connectivity index (χ0n) is 14.3. The molecule has 1 saturated heterocycles. The highest BCUT2D eigenvalue weighted by atomic mass is 15.1. The summed E-state index contributed by atoms with van der Waals surface area (Å²) in [5.41, 5.74) is 4.76. The van der Waals surface area contributed by atoms with Gasteiger partial charge in [0.2, 0.25) is 0 Å². The normalized spacial score (nSPS) is 16.2. The first-order valence-electron chi connectivity index (χ1n) is 8.95. The monoisotopic (exact) mass is 333 g/mol. The second kappa shape index (κ2) is 7.57. The lowest BCUT2D eigenvalue weighted by atomic mass is 9.93. The third-order valence-electron chi connectivity index (χ3n) is 5.07. The van der Waals surface area contributed by atoms with Gasteiger partial charge in [0, 0.05) is 48.5 Å². The van der Waals surface area contributed by atoms with Crippen LogP contribution >= 0.6 is 0 Å². The predicted molar refractivity (Wildman–Crippen MR) is 98.2 cm³/mol. The van der Waals surface area contributed by atoms with Crippen molar-refractivity contribution < 1.29 is 0 Å². The largest absolute Gasteiger partial charge is 0.303 e. The molecule has 3 aromatic rings. The number of hydrogen-bond donors (Lipinski definition) is 1. The molecule has 1 fully saturated rings. The predicted octanol–water partition coefficient (Wildman–Crippen LogP) is 3.29. The van der Waals surface area contributed by atoms with Crippen LogP contribution in [0.25, 0.3) is 11.3 Å². The third-order valence-corrected chi connectivity index (χ3v) is 5.07. The fourth-order valence-corrected chi connectivity index (χ4v) is 3.52. The number of aromatic amines is 1. The second-order valence-corrected chi connectivity index (χ2v) is 6.67. The van der Waals surface area contributed by atoms with Crippen molar-refractivity contribution in [2.24, 2.45) is 0 Å². The molecular weight excluding hydrogens is 310 g/mol. The number of rotatable bonds is 5. The molecule has 0 unspecified atom stereocenters. The fraction of sp³-hybridized carbons (Fsp3) is 0.350. The van der Waals surface area contributed by atoms with Crippen molar-refractivity contribution in [2.75, 3.05) is 19.6 Å². The van der Waals surface area contributed by atoms with Crippen molar-refractivity contribution in [1.82, 2.24) is 25.1 Å². The van der Waals surface area contributed by atoms with E-state index in [0.717, 1.165) is 37.3 Å². The van der Waals surface area contributed by atoms with Gasteiger partial charge in [-0.3, -0.25) is 15.1 Å². The minimum atomic E-state index is 0.584. The average Bonchev–Trinajstić information content (AvgIpc) is 3.19. The standard InChI is InChI=1S/C20H23N5/c1-8-21-9-2-16(1)5-12-25-13-6-18(7-14-25)20-15-19(23-24-20)17-3-10-22-11-4-17/h1-4,8-11,15,18H,5-7,12-14H2,(H,23,24). The van der Waals surface area contributed by atoms with Gasteiger partial charge >= 0.3 is 0 Å². The van der Waals surface area contributed by atoms with Crippen molar-refractivity contribution in [2.45, 2.75) is 25.2 Å². The molecule has 0 atom stereocenters. The van der Waals surface area contributed by atoms with Gasteiger partial charge < -0.3 is 4.90 Å². The smallest absolute Gasteiger partial charge is 0.0924 e. The van der Waals surface area contributed by atoms with Crippen LogP contribution in [0.4, 0.5) is 0 Å². The summed E-state index contributed by atoms with van der Waals surface area (Å²) < 4.78 is 0. The molecule has 0 aromatic carbocycles. The van der Waals surface area contributed by atoms with E-state index in [-0.39, 0.29) is 0 Å². The van der Waals surface area contributed by atoms with E-state index in [1.165, 1.54) is 24.1 Å². The number of pyridine rings is 2. The van der Waals surface area contributed by atoms with Gasteiger partial charge in [-0.05, 0) is 68.2 Å². The van der Waals surface area contributed by atoms with Crippen LogP contribution in [0, 0.1) is 0 Å². The summed E-state index contributed by atoms with van der Waals surface area (Å²) in [5, 5.41) is 7.74. The van der Waals surface area contributed by atoms with E-state index in [9.17, 15) is 0 Å². The Bertz CT molecular complexity index is 776. The molecule has 5 nitrogen and oxygen atoms in total. The maximum absolute atomic E-state index is 4.48. The lowest BCUT2D eigenvalue weighted by molar-refractivity contribution is 0.213. The summed E-state index contributed by atoms with van der Waals surface area (Å²) >= 11 is 0. The average molecular weight is 333 g/mol. The quantitative estimate of drug-likeness (QED) is 0.778. The Kier molecular flexibility index (Phi) is 4.84. The van der Waals surface area contributed by atoms with Gasteiger partial charge in [-0.2, -0.15) is 5.10 Å². The SMILES string of the molecule is c1cc(CCN2CCC(c3cc(-c4ccncc4)n[nH]3)CC2)ccn1. The Balaban J connectivity index is 1.31. The van der Waals surface area contributed by atoms with Crippen LogP contribution in [0.2, 0.25) is 0 Å². The van der Waals surface area contributed by atoms with E-state index in [1.807, 2.05) is 36.9 Å². The Hall–Kier alpha value is -2.53. The number of likely N-dealkylation sites (tertiary alicyclic amines) is 1. The van der Waals surface area contributed by atoms with Crippen molar-refractivity contribution in [3.8, 4) is 11.3 Å². The Morgan fingerprint density at radius 2 is 1.64 bits per heavy atom. The van der Waals surface area contributed by atoms with E-state index < -0.39 is 0 Å². The Morgan fingerprint density at radius 1 is 0.960 bits per heavy atom. The topological polar surface area (TPSA) is 57.7 Å². The van der Waals surface area contributed by atoms with Crippen LogP contribution < -0.4 is 0 Å². The van der Waals surface area contributed by atoms with E-state index in [0.29, 0.717) is 5.92 Å². The van der Waals surface area contributed by atoms with Gasteiger partial charge in [0.25, 0.3) is 0 Å². The van der Waals surface area contributed by atoms with E-state index in [4.69, 9.17) is 0 Å². The van der Waals surface area contributed by atoms with Crippen molar-refractivity contribution >= 4 is 0 Å². The first-order valence-corrected chi connectivity index (χ1v) is 8.95. The lowest BCUT2D eigenvalue weighted by Crippen LogP contribution is -2.34. The molecule has 4 heterocycles. The molecule has 0 spiro atoms. The molecule has 1 aliphatic heterocycles. The summed E-state index contributed by atoms with van der Waals surface area (Å²) in [6.45, 7) is 3.43. The highest BCUT2D eigenvalue weighted by Gasteiger charge is 2.22. The molecule has 0 amide bonds. The zero-order chi connectivity index (χ0) is 16.9. The molecule has 1 N–H and O–H groups in total. The highest BCUT2D eigenvalue weighted by molar-refractivity contribution is 5.58. The molecule has 0 saturated carbocycles. The zero-order valence-corrected chi connectivity index (χ0v) is 14.3. The van der Waals surface area contributed by atoms with Crippen LogP contribution in [0.15, 0.2) is 55.1 Å². The van der Waals surface area contributed by atoms with Gasteiger partial charge in [-0.15, -0.1) is 0 Å². The third kappa shape index (κ3) is 3.94. The number of H-pyrrole nitrogens is 1. The summed E-state index contributed by atoms with van der Waals surface area (Å²) in [7, 11) is 0. The van der Waals surface area contributed by atoms with Gasteiger partial charge in [0.05, 0.1) is 5.69 Å². The minimum Gasteiger partial charge on any atom is -0.303 e. The van der Waals surface area contributed by atoms with E-state index in [1.54, 1.807) is 0 Å². The second-order valence-electron chi connectivity index (χ2n) is 6.67. The van der Waals surface area contributed by atoms with Gasteiger partial charge in [-0.1, -0.05) is 0 Å². The van der Waals surface area contributed by atoms with Crippen LogP contribution in [0.1, 0.15) is 30.0 Å². The van der Waals surface area contributed by atoms with Crippen molar-refractivity contribution in [3.63, 3.8) is 0 Å². The Morgan fingerprint density at radius 3 is 2.36 bits per heavy atom. The number of nitrogens with zero attached hydrogens (tertiary/aromatic N) is 4. The summed E-state index contributed by atoms with van der Waals surface area (Å²) in [6.07, 6.45) is 10.8. The van der Waals surface area contributed by atoms with Crippen LogP contribution in [-0.2, 0) is 6.42 Å². The first-order chi connectivity index (χ1) is 12.4. The van der Waals surface area contributed by atoms with Crippen LogP contribution in [-0.4, -0.2) is 44.7 Å². The van der Waals surface area contributed by atoms with E-state index in [2.05, 4.69) is 43.3 Å². The molecule has 4 rings (SSSR count). The fourth-order valence-electron chi connectivity index (χ4n) is 3.52. The Labute approximate surface area is 148 Å². The van der Waals surface area contributed by atoms with Gasteiger partial charge in [-0.25, -0.2) is 0 Å². The molecule has 5 heteroatoms. The molecule has 3 aromatic heterocycles. The molecule has 1 aliphatic rings. The lowest BCUT2D eigenvalue weighted by Gasteiger charge is -2.31. The molecule has 128 valence electrons. The summed E-state index contributed by atoms with van der Waals surface area (Å²) in [5.74, 6) is 0.584. The maximum atomic E-state index is 4.48. The maximum Gasteiger partial charge on any atom is 0.0924 e.